The molecule has 0 saturated carbocycles. The maximum Gasteiger partial charge on any atom is 0.123 e. The molecule has 126 valence electrons. The van der Waals surface area contributed by atoms with Crippen molar-refractivity contribution in [2.45, 2.75) is 32.4 Å². The Morgan fingerprint density at radius 1 is 1.25 bits per heavy atom. The number of hydrogen-bond acceptors (Lipinski definition) is 3. The van der Waals surface area contributed by atoms with Gasteiger partial charge in [-0.15, -0.1) is 11.3 Å². The highest BCUT2D eigenvalue weighted by Crippen LogP contribution is 2.23. The van der Waals surface area contributed by atoms with Crippen molar-refractivity contribution in [1.82, 2.24) is 14.9 Å². The van der Waals surface area contributed by atoms with E-state index in [1.54, 1.807) is 23.5 Å². The van der Waals surface area contributed by atoms with Crippen LogP contribution in [0.2, 0.25) is 0 Å². The average Bonchev–Trinajstić information content (AvgIpc) is 3.21. The molecule has 1 atom stereocenters. The summed E-state index contributed by atoms with van der Waals surface area (Å²) in [6, 6.07) is 11.2. The minimum absolute atomic E-state index is 0.218. The van der Waals surface area contributed by atoms with Gasteiger partial charge in [-0.2, -0.15) is 0 Å². The molecule has 0 bridgehead atoms. The van der Waals surface area contributed by atoms with E-state index in [2.05, 4.69) is 52.5 Å². The molecule has 0 unspecified atom stereocenters. The average molecular weight is 343 g/mol. The molecule has 3 aromatic rings. The topological polar surface area (TPSA) is 29.9 Å². The van der Waals surface area contributed by atoms with E-state index in [4.69, 9.17) is 0 Å². The number of halogens is 1. The van der Waals surface area contributed by atoms with E-state index >= 15 is 0 Å². The number of thiazole rings is 1. The monoisotopic (exact) mass is 343 g/mol. The Labute approximate surface area is 146 Å². The molecule has 0 aliphatic carbocycles. The lowest BCUT2D eigenvalue weighted by Crippen LogP contribution is -2.26. The predicted octanol–water partition coefficient (Wildman–Crippen LogP) is 4.40. The molecular formula is C19H22FN3S. The third-order valence-corrected chi connectivity index (χ3v) is 5.10. The van der Waals surface area contributed by atoms with Crippen LogP contribution in [0.5, 0.6) is 0 Å². The zero-order chi connectivity index (χ0) is 16.9. The van der Waals surface area contributed by atoms with E-state index in [0.717, 1.165) is 35.7 Å². The van der Waals surface area contributed by atoms with E-state index in [1.807, 2.05) is 0 Å². The number of aryl methyl sites for hydroxylation is 2. The van der Waals surface area contributed by atoms with E-state index in [-0.39, 0.29) is 5.82 Å². The van der Waals surface area contributed by atoms with Crippen LogP contribution in [0.4, 0.5) is 4.39 Å². The Morgan fingerprint density at radius 2 is 2.04 bits per heavy atom. The first-order valence-electron chi connectivity index (χ1n) is 8.16. The van der Waals surface area contributed by atoms with Crippen LogP contribution in [0.25, 0.3) is 10.6 Å². The van der Waals surface area contributed by atoms with E-state index in [9.17, 15) is 4.39 Å². The maximum absolute atomic E-state index is 13.0. The van der Waals surface area contributed by atoms with Crippen LogP contribution in [-0.4, -0.2) is 15.6 Å². The molecule has 24 heavy (non-hydrogen) atoms. The van der Waals surface area contributed by atoms with Crippen LogP contribution in [0.3, 0.4) is 0 Å². The molecule has 1 aromatic carbocycles. The van der Waals surface area contributed by atoms with Gasteiger partial charge in [-0.25, -0.2) is 9.37 Å². The van der Waals surface area contributed by atoms with Crippen molar-refractivity contribution in [1.29, 1.82) is 0 Å². The second kappa shape index (κ2) is 7.73. The van der Waals surface area contributed by atoms with E-state index in [1.165, 1.54) is 17.8 Å². The van der Waals surface area contributed by atoms with Crippen LogP contribution in [0.1, 0.15) is 24.7 Å². The van der Waals surface area contributed by atoms with Gasteiger partial charge in [0.05, 0.1) is 5.69 Å². The zero-order valence-corrected chi connectivity index (χ0v) is 14.8. The summed E-state index contributed by atoms with van der Waals surface area (Å²) in [5, 5.41) is 6.53. The second-order valence-corrected chi connectivity index (χ2v) is 6.94. The summed E-state index contributed by atoms with van der Waals surface area (Å²) in [7, 11) is 2.08. The van der Waals surface area contributed by atoms with Gasteiger partial charge in [0, 0.05) is 42.5 Å². The first-order chi connectivity index (χ1) is 11.6. The highest BCUT2D eigenvalue weighted by Gasteiger charge is 2.08. The Hall–Kier alpha value is -1.98. The fourth-order valence-corrected chi connectivity index (χ4v) is 3.44. The van der Waals surface area contributed by atoms with Crippen LogP contribution in [-0.2, 0) is 20.0 Å². The summed E-state index contributed by atoms with van der Waals surface area (Å²) in [6.45, 7) is 2.96. The lowest BCUT2D eigenvalue weighted by Gasteiger charge is -2.13. The molecule has 0 aliphatic heterocycles. The molecule has 0 saturated heterocycles. The number of nitrogens with zero attached hydrogens (tertiary/aromatic N) is 2. The van der Waals surface area contributed by atoms with Gasteiger partial charge in [0.1, 0.15) is 10.8 Å². The summed E-state index contributed by atoms with van der Waals surface area (Å²) in [5.41, 5.74) is 3.35. The first-order valence-corrected chi connectivity index (χ1v) is 9.04. The molecular weight excluding hydrogens is 321 g/mol. The van der Waals surface area contributed by atoms with Crippen molar-refractivity contribution < 1.29 is 4.39 Å². The van der Waals surface area contributed by atoms with E-state index in [0.29, 0.717) is 6.04 Å². The highest BCUT2D eigenvalue weighted by atomic mass is 32.1. The minimum atomic E-state index is -0.218. The predicted molar refractivity (Wildman–Crippen MR) is 97.5 cm³/mol. The van der Waals surface area contributed by atoms with Gasteiger partial charge in [-0.3, -0.25) is 0 Å². The Balaban J connectivity index is 1.50. The number of rotatable bonds is 7. The third kappa shape index (κ3) is 4.30. The van der Waals surface area contributed by atoms with Crippen LogP contribution in [0, 0.1) is 5.82 Å². The molecule has 0 radical (unpaired) electrons. The van der Waals surface area contributed by atoms with Gasteiger partial charge in [0.2, 0.25) is 0 Å². The molecule has 0 fully saturated rings. The second-order valence-electron chi connectivity index (χ2n) is 6.08. The minimum Gasteiger partial charge on any atom is -0.354 e. The first kappa shape index (κ1) is 16.9. The lowest BCUT2D eigenvalue weighted by molar-refractivity contribution is 0.505. The standard InChI is InChI=1S/C19H22FN3S/c1-14(5-10-18-4-3-11-23(18)2)21-12-17-13-24-19(22-17)15-6-8-16(20)9-7-15/h3-4,6-9,11,13-14,21H,5,10,12H2,1-2H3/t14-/m1/s1. The Kier molecular flexibility index (Phi) is 5.43. The van der Waals surface area contributed by atoms with Crippen molar-refractivity contribution in [3.05, 3.63) is 65.2 Å². The Bertz CT molecular complexity index is 776. The number of benzene rings is 1. The van der Waals surface area contributed by atoms with Gasteiger partial charge in [0.25, 0.3) is 0 Å². The number of aromatic nitrogens is 2. The third-order valence-electron chi connectivity index (χ3n) is 4.16. The lowest BCUT2D eigenvalue weighted by atomic mass is 10.1. The molecule has 0 spiro atoms. The molecule has 0 aliphatic rings. The zero-order valence-electron chi connectivity index (χ0n) is 14.0. The van der Waals surface area contributed by atoms with Gasteiger partial charge in [-0.05, 0) is 56.2 Å². The van der Waals surface area contributed by atoms with Crippen LogP contribution in [0.15, 0.2) is 48.0 Å². The van der Waals surface area contributed by atoms with Crippen LogP contribution >= 0.6 is 11.3 Å². The van der Waals surface area contributed by atoms with Crippen molar-refractivity contribution in [3.8, 4) is 10.6 Å². The van der Waals surface area contributed by atoms with Crippen molar-refractivity contribution in [2.75, 3.05) is 0 Å². The largest absolute Gasteiger partial charge is 0.354 e. The summed E-state index contributed by atoms with van der Waals surface area (Å²) < 4.78 is 15.2. The van der Waals surface area contributed by atoms with Gasteiger partial charge < -0.3 is 9.88 Å². The molecule has 2 aromatic heterocycles. The highest BCUT2D eigenvalue weighted by molar-refractivity contribution is 7.13. The van der Waals surface area contributed by atoms with Gasteiger partial charge in [0.15, 0.2) is 0 Å². The molecule has 0 amide bonds. The van der Waals surface area contributed by atoms with Crippen LogP contribution < -0.4 is 5.32 Å². The number of hydrogen-bond donors (Lipinski definition) is 1. The number of nitrogens with one attached hydrogen (secondary N) is 1. The van der Waals surface area contributed by atoms with Crippen molar-refractivity contribution >= 4 is 11.3 Å². The summed E-state index contributed by atoms with van der Waals surface area (Å²) >= 11 is 1.60. The van der Waals surface area contributed by atoms with Gasteiger partial charge in [-0.1, -0.05) is 0 Å². The molecule has 1 N–H and O–H groups in total. The van der Waals surface area contributed by atoms with Gasteiger partial charge >= 0.3 is 0 Å². The van der Waals surface area contributed by atoms with Crippen molar-refractivity contribution in [2.24, 2.45) is 7.05 Å². The molecule has 5 heteroatoms. The molecule has 3 rings (SSSR count). The molecule has 3 nitrogen and oxygen atoms in total. The SMILES string of the molecule is C[C@H](CCc1cccn1C)NCc1csc(-c2ccc(F)cc2)n1. The quantitative estimate of drug-likeness (QED) is 0.689. The summed E-state index contributed by atoms with van der Waals surface area (Å²) in [4.78, 5) is 4.64. The summed E-state index contributed by atoms with van der Waals surface area (Å²) in [5.74, 6) is -0.218. The fourth-order valence-electron chi connectivity index (χ4n) is 2.61. The fraction of sp³-hybridized carbons (Fsp3) is 0.316. The van der Waals surface area contributed by atoms with Crippen molar-refractivity contribution in [3.63, 3.8) is 0 Å². The smallest absolute Gasteiger partial charge is 0.123 e. The maximum atomic E-state index is 13.0. The van der Waals surface area contributed by atoms with E-state index < -0.39 is 0 Å². The molecule has 2 heterocycles. The summed E-state index contributed by atoms with van der Waals surface area (Å²) in [6.07, 6.45) is 4.24. The Morgan fingerprint density at radius 3 is 2.75 bits per heavy atom. The normalized spacial score (nSPS) is 12.5.